The number of carbonyl (C=O) groups excluding carboxylic acids is 3. The van der Waals surface area contributed by atoms with Crippen LogP contribution in [0.1, 0.15) is 44.7 Å². The normalized spacial score (nSPS) is 20.0. The van der Waals surface area contributed by atoms with Gasteiger partial charge in [0.15, 0.2) is 10.2 Å². The number of thioether (sulfide) groups is 1. The Hall–Kier alpha value is -1.61. The minimum absolute atomic E-state index is 0.0549. The molecule has 148 valence electrons. The van der Waals surface area contributed by atoms with Gasteiger partial charge in [-0.25, -0.2) is 9.78 Å². The lowest BCUT2D eigenvalue weighted by Crippen LogP contribution is -2.39. The van der Waals surface area contributed by atoms with Gasteiger partial charge in [-0.2, -0.15) is 0 Å². The number of carbonyl (C=O) groups is 3. The van der Waals surface area contributed by atoms with Crippen molar-refractivity contribution in [1.82, 2.24) is 9.88 Å². The van der Waals surface area contributed by atoms with Crippen molar-refractivity contribution in [2.24, 2.45) is 5.92 Å². The fourth-order valence-corrected chi connectivity index (χ4v) is 4.94. The van der Waals surface area contributed by atoms with Gasteiger partial charge in [-0.1, -0.05) is 23.1 Å². The van der Waals surface area contributed by atoms with Gasteiger partial charge in [0.05, 0.1) is 12.2 Å². The first kappa shape index (κ1) is 20.1. The molecule has 1 fully saturated rings. The van der Waals surface area contributed by atoms with Crippen molar-refractivity contribution in [3.8, 4) is 0 Å². The van der Waals surface area contributed by atoms with E-state index in [2.05, 4.69) is 4.98 Å². The standard InChI is InChI=1S/C18H25N3O4S2/c1-11(22)26-10-12-7-15(23)21(8-12)16-19-13-5-6-20(9-14(13)27-16)17(24)25-18(2,3)4/h12H,5-10H2,1-4H3. The summed E-state index contributed by atoms with van der Waals surface area (Å²) in [5.41, 5.74) is 0.439. The van der Waals surface area contributed by atoms with E-state index < -0.39 is 5.60 Å². The fraction of sp³-hybridized carbons (Fsp3) is 0.667. The van der Waals surface area contributed by atoms with Crippen molar-refractivity contribution in [3.05, 3.63) is 10.6 Å². The number of aromatic nitrogens is 1. The Morgan fingerprint density at radius 1 is 1.37 bits per heavy atom. The van der Waals surface area contributed by atoms with Crippen LogP contribution in [0.2, 0.25) is 0 Å². The minimum Gasteiger partial charge on any atom is -0.444 e. The molecule has 0 aliphatic carbocycles. The van der Waals surface area contributed by atoms with Crippen molar-refractivity contribution >= 4 is 45.3 Å². The van der Waals surface area contributed by atoms with Crippen molar-refractivity contribution in [2.75, 3.05) is 23.7 Å². The highest BCUT2D eigenvalue weighted by atomic mass is 32.2. The molecular formula is C18H25N3O4S2. The van der Waals surface area contributed by atoms with Gasteiger partial charge in [-0.15, -0.1) is 0 Å². The van der Waals surface area contributed by atoms with Crippen LogP contribution in [0.25, 0.3) is 0 Å². The summed E-state index contributed by atoms with van der Waals surface area (Å²) in [6.07, 6.45) is 0.798. The average molecular weight is 412 g/mol. The van der Waals surface area contributed by atoms with Gasteiger partial charge in [0.1, 0.15) is 5.60 Å². The fourth-order valence-electron chi connectivity index (χ4n) is 3.09. The summed E-state index contributed by atoms with van der Waals surface area (Å²) < 4.78 is 5.45. The predicted molar refractivity (Wildman–Crippen MR) is 106 cm³/mol. The summed E-state index contributed by atoms with van der Waals surface area (Å²) in [4.78, 5) is 44.9. The number of nitrogens with zero attached hydrogens (tertiary/aromatic N) is 3. The van der Waals surface area contributed by atoms with E-state index in [0.717, 1.165) is 10.6 Å². The van der Waals surface area contributed by atoms with Crippen LogP contribution < -0.4 is 4.90 Å². The number of amides is 2. The van der Waals surface area contributed by atoms with E-state index in [1.807, 2.05) is 20.8 Å². The van der Waals surface area contributed by atoms with Crippen LogP contribution in [-0.4, -0.2) is 51.4 Å². The molecule has 1 atom stereocenters. The van der Waals surface area contributed by atoms with Crippen LogP contribution in [-0.2, 0) is 27.3 Å². The second-order valence-electron chi connectivity index (χ2n) is 7.90. The Balaban J connectivity index is 1.65. The zero-order valence-corrected chi connectivity index (χ0v) is 17.7. The summed E-state index contributed by atoms with van der Waals surface area (Å²) in [6, 6.07) is 0. The van der Waals surface area contributed by atoms with Crippen molar-refractivity contribution in [1.29, 1.82) is 0 Å². The van der Waals surface area contributed by atoms with Gasteiger partial charge in [-0.3, -0.25) is 14.5 Å². The van der Waals surface area contributed by atoms with Gasteiger partial charge >= 0.3 is 6.09 Å². The Labute approximate surface area is 167 Å². The molecule has 1 saturated heterocycles. The zero-order chi connectivity index (χ0) is 19.8. The predicted octanol–water partition coefficient (Wildman–Crippen LogP) is 3.07. The first-order valence-corrected chi connectivity index (χ1v) is 10.8. The summed E-state index contributed by atoms with van der Waals surface area (Å²) >= 11 is 2.74. The quantitative estimate of drug-likeness (QED) is 0.760. The van der Waals surface area contributed by atoms with Crippen LogP contribution in [0.4, 0.5) is 9.93 Å². The topological polar surface area (TPSA) is 79.8 Å². The molecule has 2 amide bonds. The third kappa shape index (κ3) is 5.01. The molecular weight excluding hydrogens is 386 g/mol. The van der Waals surface area contributed by atoms with E-state index in [1.165, 1.54) is 23.1 Å². The second kappa shape index (κ2) is 7.79. The molecule has 0 aromatic carbocycles. The highest BCUT2D eigenvalue weighted by molar-refractivity contribution is 8.13. The number of ether oxygens (including phenoxy) is 1. The third-order valence-corrected chi connectivity index (χ3v) is 6.48. The maximum Gasteiger partial charge on any atom is 0.410 e. The van der Waals surface area contributed by atoms with Crippen LogP contribution in [0.5, 0.6) is 0 Å². The molecule has 3 rings (SSSR count). The molecule has 1 aromatic heterocycles. The molecule has 0 saturated carbocycles. The van der Waals surface area contributed by atoms with E-state index in [1.54, 1.807) is 16.7 Å². The van der Waals surface area contributed by atoms with E-state index in [9.17, 15) is 14.4 Å². The molecule has 0 bridgehead atoms. The lowest BCUT2D eigenvalue weighted by atomic mass is 10.1. The van der Waals surface area contributed by atoms with Gasteiger partial charge in [0, 0.05) is 43.5 Å². The molecule has 9 heteroatoms. The summed E-state index contributed by atoms with van der Waals surface area (Å²) in [5, 5.41) is 0.777. The van der Waals surface area contributed by atoms with Gasteiger partial charge in [0.2, 0.25) is 5.91 Å². The van der Waals surface area contributed by atoms with Gasteiger partial charge < -0.3 is 9.64 Å². The first-order chi connectivity index (χ1) is 12.6. The van der Waals surface area contributed by atoms with E-state index >= 15 is 0 Å². The summed E-state index contributed by atoms with van der Waals surface area (Å²) in [6.45, 7) is 8.73. The summed E-state index contributed by atoms with van der Waals surface area (Å²) in [7, 11) is 0. The van der Waals surface area contributed by atoms with Crippen molar-refractivity contribution in [3.63, 3.8) is 0 Å². The molecule has 7 nitrogen and oxygen atoms in total. The van der Waals surface area contributed by atoms with Crippen LogP contribution in [0.15, 0.2) is 0 Å². The number of anilines is 1. The van der Waals surface area contributed by atoms with Crippen LogP contribution >= 0.6 is 23.1 Å². The minimum atomic E-state index is -0.523. The SMILES string of the molecule is CC(=O)SCC1CC(=O)N(c2nc3c(s2)CN(C(=O)OC(C)(C)C)CC3)C1. The highest BCUT2D eigenvalue weighted by Crippen LogP contribution is 2.35. The van der Waals surface area contributed by atoms with Crippen LogP contribution in [0, 0.1) is 5.92 Å². The lowest BCUT2D eigenvalue weighted by Gasteiger charge is -2.29. The average Bonchev–Trinajstić information content (AvgIpc) is 3.13. The van der Waals surface area contributed by atoms with E-state index in [0.29, 0.717) is 43.4 Å². The Morgan fingerprint density at radius 3 is 2.78 bits per heavy atom. The Kier molecular flexibility index (Phi) is 5.81. The first-order valence-electron chi connectivity index (χ1n) is 9.02. The van der Waals surface area contributed by atoms with E-state index in [4.69, 9.17) is 4.74 Å². The highest BCUT2D eigenvalue weighted by Gasteiger charge is 2.34. The Morgan fingerprint density at radius 2 is 2.11 bits per heavy atom. The maximum atomic E-state index is 12.4. The maximum absolute atomic E-state index is 12.4. The summed E-state index contributed by atoms with van der Waals surface area (Å²) in [5.74, 6) is 0.888. The molecule has 1 unspecified atom stereocenters. The van der Waals surface area contributed by atoms with E-state index in [-0.39, 0.29) is 23.0 Å². The van der Waals surface area contributed by atoms with Crippen molar-refractivity contribution < 1.29 is 19.1 Å². The molecule has 2 aliphatic rings. The zero-order valence-electron chi connectivity index (χ0n) is 16.1. The number of hydrogen-bond acceptors (Lipinski definition) is 7. The lowest BCUT2D eigenvalue weighted by molar-refractivity contribution is -0.117. The molecule has 0 N–H and O–H groups in total. The second-order valence-corrected chi connectivity index (χ2v) is 10.2. The number of rotatable bonds is 3. The third-order valence-electron chi connectivity index (χ3n) is 4.33. The smallest absolute Gasteiger partial charge is 0.410 e. The molecule has 0 spiro atoms. The number of hydrogen-bond donors (Lipinski definition) is 0. The molecule has 0 radical (unpaired) electrons. The van der Waals surface area contributed by atoms with Crippen molar-refractivity contribution in [2.45, 2.75) is 52.7 Å². The molecule has 3 heterocycles. The van der Waals surface area contributed by atoms with Gasteiger partial charge in [-0.05, 0) is 26.7 Å². The molecule has 1 aromatic rings. The van der Waals surface area contributed by atoms with Crippen LogP contribution in [0.3, 0.4) is 0 Å². The van der Waals surface area contributed by atoms with Gasteiger partial charge in [0.25, 0.3) is 0 Å². The number of thiazole rings is 1. The molecule has 2 aliphatic heterocycles. The number of fused-ring (bicyclic) bond motifs is 1. The molecule has 27 heavy (non-hydrogen) atoms. The monoisotopic (exact) mass is 411 g/mol. The largest absolute Gasteiger partial charge is 0.444 e. The Bertz CT molecular complexity index is 756.